The smallest absolute Gasteiger partial charge is 0.408 e. The van der Waals surface area contributed by atoms with Crippen LogP contribution in [0.2, 0.25) is 0 Å². The lowest BCUT2D eigenvalue weighted by molar-refractivity contribution is 0.0493. The zero-order chi connectivity index (χ0) is 16.2. The third kappa shape index (κ3) is 5.30. The molecule has 1 heterocycles. The summed E-state index contributed by atoms with van der Waals surface area (Å²) in [5.74, 6) is -0.296. The molecule has 1 atom stereocenters. The van der Waals surface area contributed by atoms with Gasteiger partial charge in [0.15, 0.2) is 0 Å². The quantitative estimate of drug-likeness (QED) is 0.926. The molecular weight excluding hydrogens is 283 g/mol. The van der Waals surface area contributed by atoms with Crippen molar-refractivity contribution in [1.82, 2.24) is 10.2 Å². The number of nitrogens with zero attached hydrogens (tertiary/aromatic N) is 1. The Balaban J connectivity index is 2.08. The molecule has 1 fully saturated rings. The first-order valence-electron chi connectivity index (χ1n) is 7.81. The molecule has 1 amide bonds. The number of amides is 1. The fourth-order valence-electron chi connectivity index (χ4n) is 2.63. The van der Waals surface area contributed by atoms with Crippen LogP contribution in [0.1, 0.15) is 45.2 Å². The maximum absolute atomic E-state index is 13.5. The third-order valence-corrected chi connectivity index (χ3v) is 3.58. The molecule has 1 aromatic carbocycles. The first-order chi connectivity index (χ1) is 10.3. The van der Waals surface area contributed by atoms with E-state index in [1.165, 1.54) is 25.0 Å². The van der Waals surface area contributed by atoms with Gasteiger partial charge in [0.25, 0.3) is 0 Å². The molecule has 1 aliphatic heterocycles. The summed E-state index contributed by atoms with van der Waals surface area (Å²) in [7, 11) is 0. The molecule has 2 rings (SSSR count). The van der Waals surface area contributed by atoms with Gasteiger partial charge in [0, 0.05) is 6.54 Å². The number of hydrogen-bond acceptors (Lipinski definition) is 3. The Kier molecular flexibility index (Phi) is 5.40. The highest BCUT2D eigenvalue weighted by atomic mass is 19.1. The molecule has 1 N–H and O–H groups in total. The summed E-state index contributed by atoms with van der Waals surface area (Å²) < 4.78 is 18.8. The standard InChI is InChI=1S/C17H25FN2O2/c1-17(2,3)22-16(21)19-15(12-20-9-4-5-10-20)13-7-6-8-14(18)11-13/h6-8,11,15H,4-5,9-10,12H2,1-3H3,(H,19,21). The van der Waals surface area contributed by atoms with Gasteiger partial charge in [-0.3, -0.25) is 0 Å². The molecule has 0 bridgehead atoms. The van der Waals surface area contributed by atoms with Crippen molar-refractivity contribution in [2.75, 3.05) is 19.6 Å². The highest BCUT2D eigenvalue weighted by Crippen LogP contribution is 2.19. The van der Waals surface area contributed by atoms with E-state index in [0.29, 0.717) is 6.54 Å². The summed E-state index contributed by atoms with van der Waals surface area (Å²) >= 11 is 0. The number of nitrogens with one attached hydrogen (secondary N) is 1. The molecule has 0 radical (unpaired) electrons. The molecule has 1 aromatic rings. The van der Waals surface area contributed by atoms with Gasteiger partial charge in [-0.25, -0.2) is 9.18 Å². The maximum atomic E-state index is 13.5. The minimum absolute atomic E-state index is 0.274. The van der Waals surface area contributed by atoms with Crippen molar-refractivity contribution < 1.29 is 13.9 Å². The number of likely N-dealkylation sites (tertiary alicyclic amines) is 1. The number of carbonyl (C=O) groups excluding carboxylic acids is 1. The molecule has 0 aromatic heterocycles. The van der Waals surface area contributed by atoms with Crippen LogP contribution in [-0.4, -0.2) is 36.2 Å². The van der Waals surface area contributed by atoms with Crippen molar-refractivity contribution in [3.05, 3.63) is 35.6 Å². The van der Waals surface area contributed by atoms with E-state index in [2.05, 4.69) is 10.2 Å². The van der Waals surface area contributed by atoms with Crippen molar-refractivity contribution >= 4 is 6.09 Å². The third-order valence-electron chi connectivity index (χ3n) is 3.58. The predicted octanol–water partition coefficient (Wildman–Crippen LogP) is 3.49. The average Bonchev–Trinajstić information content (AvgIpc) is 2.88. The lowest BCUT2D eigenvalue weighted by Crippen LogP contribution is -2.39. The monoisotopic (exact) mass is 308 g/mol. The fourth-order valence-corrected chi connectivity index (χ4v) is 2.63. The number of rotatable bonds is 4. The van der Waals surface area contributed by atoms with Gasteiger partial charge in [-0.2, -0.15) is 0 Å². The number of benzene rings is 1. The van der Waals surface area contributed by atoms with Crippen LogP contribution >= 0.6 is 0 Å². The molecule has 122 valence electrons. The number of halogens is 1. The van der Waals surface area contributed by atoms with E-state index in [1.807, 2.05) is 26.8 Å². The normalized spacial score (nSPS) is 17.3. The second kappa shape index (κ2) is 7.09. The van der Waals surface area contributed by atoms with Crippen LogP contribution in [0.3, 0.4) is 0 Å². The second-order valence-corrected chi connectivity index (χ2v) is 6.76. The largest absolute Gasteiger partial charge is 0.444 e. The molecule has 1 unspecified atom stereocenters. The predicted molar refractivity (Wildman–Crippen MR) is 84.2 cm³/mol. The molecular formula is C17H25FN2O2. The molecule has 5 heteroatoms. The summed E-state index contributed by atoms with van der Waals surface area (Å²) in [6, 6.07) is 6.10. The van der Waals surface area contributed by atoms with E-state index in [-0.39, 0.29) is 11.9 Å². The molecule has 0 aliphatic carbocycles. The molecule has 1 saturated heterocycles. The van der Waals surface area contributed by atoms with Crippen LogP contribution in [0, 0.1) is 5.82 Å². The van der Waals surface area contributed by atoms with Gasteiger partial charge in [0.1, 0.15) is 11.4 Å². The van der Waals surface area contributed by atoms with E-state index in [0.717, 1.165) is 18.7 Å². The molecule has 0 saturated carbocycles. The van der Waals surface area contributed by atoms with Gasteiger partial charge in [-0.05, 0) is 64.4 Å². The molecule has 22 heavy (non-hydrogen) atoms. The van der Waals surface area contributed by atoms with Crippen molar-refractivity contribution in [2.45, 2.75) is 45.3 Å². The van der Waals surface area contributed by atoms with Crippen molar-refractivity contribution in [2.24, 2.45) is 0 Å². The SMILES string of the molecule is CC(C)(C)OC(=O)NC(CN1CCCC1)c1cccc(F)c1. The van der Waals surface area contributed by atoms with Crippen molar-refractivity contribution in [3.8, 4) is 0 Å². The average molecular weight is 308 g/mol. The summed E-state index contributed by atoms with van der Waals surface area (Å²) in [6.45, 7) is 8.17. The summed E-state index contributed by atoms with van der Waals surface area (Å²) in [5.41, 5.74) is 0.210. The van der Waals surface area contributed by atoms with Gasteiger partial charge in [0.2, 0.25) is 0 Å². The van der Waals surface area contributed by atoms with Crippen LogP contribution in [0.15, 0.2) is 24.3 Å². The van der Waals surface area contributed by atoms with E-state index in [4.69, 9.17) is 4.74 Å². The number of alkyl carbamates (subject to hydrolysis) is 1. The van der Waals surface area contributed by atoms with Gasteiger partial charge >= 0.3 is 6.09 Å². The van der Waals surface area contributed by atoms with E-state index in [1.54, 1.807) is 6.07 Å². The van der Waals surface area contributed by atoms with Crippen LogP contribution in [0.5, 0.6) is 0 Å². The fraction of sp³-hybridized carbons (Fsp3) is 0.588. The van der Waals surface area contributed by atoms with E-state index >= 15 is 0 Å². The molecule has 0 spiro atoms. The highest BCUT2D eigenvalue weighted by molar-refractivity contribution is 5.68. The second-order valence-electron chi connectivity index (χ2n) is 6.76. The lowest BCUT2D eigenvalue weighted by atomic mass is 10.1. The zero-order valence-corrected chi connectivity index (χ0v) is 13.6. The first kappa shape index (κ1) is 16.7. The van der Waals surface area contributed by atoms with Gasteiger partial charge in [-0.1, -0.05) is 12.1 Å². The van der Waals surface area contributed by atoms with Gasteiger partial charge in [-0.15, -0.1) is 0 Å². The van der Waals surface area contributed by atoms with Gasteiger partial charge < -0.3 is 15.0 Å². The lowest BCUT2D eigenvalue weighted by Gasteiger charge is -2.27. The summed E-state index contributed by atoms with van der Waals surface area (Å²) in [4.78, 5) is 14.3. The van der Waals surface area contributed by atoms with Crippen LogP contribution in [0.4, 0.5) is 9.18 Å². The van der Waals surface area contributed by atoms with Crippen molar-refractivity contribution in [3.63, 3.8) is 0 Å². The Bertz CT molecular complexity index is 508. The van der Waals surface area contributed by atoms with Gasteiger partial charge in [0.05, 0.1) is 6.04 Å². The minimum Gasteiger partial charge on any atom is -0.444 e. The Morgan fingerprint density at radius 2 is 2.05 bits per heavy atom. The number of ether oxygens (including phenoxy) is 1. The molecule has 4 nitrogen and oxygen atoms in total. The van der Waals surface area contributed by atoms with E-state index < -0.39 is 11.7 Å². The Morgan fingerprint density at radius 3 is 2.64 bits per heavy atom. The Hall–Kier alpha value is -1.62. The van der Waals surface area contributed by atoms with E-state index in [9.17, 15) is 9.18 Å². The minimum atomic E-state index is -0.551. The molecule has 1 aliphatic rings. The van der Waals surface area contributed by atoms with Crippen molar-refractivity contribution in [1.29, 1.82) is 0 Å². The Labute approximate surface area is 131 Å². The Morgan fingerprint density at radius 1 is 1.36 bits per heavy atom. The zero-order valence-electron chi connectivity index (χ0n) is 13.6. The number of carbonyl (C=O) groups is 1. The summed E-state index contributed by atoms with van der Waals surface area (Å²) in [5, 5.41) is 2.87. The highest BCUT2D eigenvalue weighted by Gasteiger charge is 2.23. The summed E-state index contributed by atoms with van der Waals surface area (Å²) in [6.07, 6.45) is 1.87. The topological polar surface area (TPSA) is 41.6 Å². The van der Waals surface area contributed by atoms with Crippen LogP contribution in [-0.2, 0) is 4.74 Å². The maximum Gasteiger partial charge on any atom is 0.408 e. The number of hydrogen-bond donors (Lipinski definition) is 1. The van der Waals surface area contributed by atoms with Crippen LogP contribution < -0.4 is 5.32 Å². The first-order valence-corrected chi connectivity index (χ1v) is 7.81. The van der Waals surface area contributed by atoms with Crippen LogP contribution in [0.25, 0.3) is 0 Å².